The zero-order valence-electron chi connectivity index (χ0n) is 13.7. The number of hydrogen-bond donors (Lipinski definition) is 1. The van der Waals surface area contributed by atoms with E-state index in [0.29, 0.717) is 0 Å². The Hall–Kier alpha value is -2.33. The second-order valence-corrected chi connectivity index (χ2v) is 5.76. The molecule has 0 unspecified atom stereocenters. The third-order valence-corrected chi connectivity index (χ3v) is 4.04. The Morgan fingerprint density at radius 2 is 1.61 bits per heavy atom. The average Bonchev–Trinajstić information content (AvgIpc) is 2.59. The fraction of sp³-hybridized carbons (Fsp3) is 0.316. The van der Waals surface area contributed by atoms with Gasteiger partial charge >= 0.3 is 0 Å². The number of nitrogens with zero attached hydrogens (tertiary/aromatic N) is 2. The maximum atomic E-state index is 5.47. The first-order chi connectivity index (χ1) is 11.2. The van der Waals surface area contributed by atoms with E-state index in [2.05, 4.69) is 48.3 Å². The van der Waals surface area contributed by atoms with Crippen LogP contribution in [0, 0.1) is 13.8 Å². The lowest BCUT2D eigenvalue weighted by Crippen LogP contribution is -2.44. The van der Waals surface area contributed by atoms with E-state index in [1.54, 1.807) is 0 Å². The lowest BCUT2D eigenvalue weighted by molar-refractivity contribution is 0.0680. The highest BCUT2D eigenvalue weighted by atomic mass is 16.5. The van der Waals surface area contributed by atoms with E-state index in [1.165, 1.54) is 11.1 Å². The SMILES string of the molecule is Cc1ccccc1N=C(Nc1ccccc1C)N1CCOCC1. The molecule has 3 rings (SSSR count). The molecule has 1 saturated heterocycles. The van der Waals surface area contributed by atoms with Gasteiger partial charge in [0.15, 0.2) is 0 Å². The highest BCUT2D eigenvalue weighted by molar-refractivity contribution is 5.96. The summed E-state index contributed by atoms with van der Waals surface area (Å²) in [5.41, 5.74) is 4.46. The van der Waals surface area contributed by atoms with E-state index in [4.69, 9.17) is 9.73 Å². The van der Waals surface area contributed by atoms with E-state index < -0.39 is 0 Å². The summed E-state index contributed by atoms with van der Waals surface area (Å²) in [5.74, 6) is 0.886. The molecule has 120 valence electrons. The maximum Gasteiger partial charge on any atom is 0.203 e. The van der Waals surface area contributed by atoms with Crippen LogP contribution in [-0.4, -0.2) is 37.2 Å². The van der Waals surface area contributed by atoms with Gasteiger partial charge in [-0.3, -0.25) is 0 Å². The normalized spacial score (nSPS) is 15.6. The highest BCUT2D eigenvalue weighted by Crippen LogP contribution is 2.20. The van der Waals surface area contributed by atoms with Crippen molar-refractivity contribution in [1.29, 1.82) is 0 Å². The number of anilines is 1. The minimum atomic E-state index is 0.738. The molecule has 0 saturated carbocycles. The molecule has 0 atom stereocenters. The van der Waals surface area contributed by atoms with Crippen molar-refractivity contribution in [1.82, 2.24) is 4.90 Å². The summed E-state index contributed by atoms with van der Waals surface area (Å²) in [5, 5.41) is 3.51. The highest BCUT2D eigenvalue weighted by Gasteiger charge is 2.16. The molecule has 4 heteroatoms. The van der Waals surface area contributed by atoms with Crippen LogP contribution in [0.2, 0.25) is 0 Å². The molecule has 1 fully saturated rings. The molecular weight excluding hydrogens is 286 g/mol. The van der Waals surface area contributed by atoms with Crippen molar-refractivity contribution in [3.05, 3.63) is 59.7 Å². The van der Waals surface area contributed by atoms with Crippen molar-refractivity contribution < 1.29 is 4.74 Å². The van der Waals surface area contributed by atoms with Gasteiger partial charge in [-0.25, -0.2) is 4.99 Å². The number of rotatable bonds is 2. The molecule has 23 heavy (non-hydrogen) atoms. The second kappa shape index (κ2) is 7.29. The van der Waals surface area contributed by atoms with E-state index in [9.17, 15) is 0 Å². The molecule has 0 bridgehead atoms. The van der Waals surface area contributed by atoms with Crippen LogP contribution in [0.5, 0.6) is 0 Å². The molecule has 1 N–H and O–H groups in total. The van der Waals surface area contributed by atoms with Gasteiger partial charge in [-0.05, 0) is 37.1 Å². The number of guanidine groups is 1. The zero-order chi connectivity index (χ0) is 16.1. The molecule has 0 radical (unpaired) electrons. The molecule has 1 aliphatic rings. The number of aliphatic imine (C=N–C) groups is 1. The summed E-state index contributed by atoms with van der Waals surface area (Å²) in [6.45, 7) is 7.37. The predicted molar refractivity (Wildman–Crippen MR) is 95.5 cm³/mol. The summed E-state index contributed by atoms with van der Waals surface area (Å²) in [6, 6.07) is 16.5. The third-order valence-electron chi connectivity index (χ3n) is 4.04. The van der Waals surface area contributed by atoms with Crippen LogP contribution in [0.15, 0.2) is 53.5 Å². The first-order valence-electron chi connectivity index (χ1n) is 8.04. The van der Waals surface area contributed by atoms with Crippen LogP contribution in [0.25, 0.3) is 0 Å². The Labute approximate surface area is 137 Å². The van der Waals surface area contributed by atoms with Gasteiger partial charge in [0.2, 0.25) is 5.96 Å². The fourth-order valence-corrected chi connectivity index (χ4v) is 2.59. The molecule has 0 aliphatic carbocycles. The topological polar surface area (TPSA) is 36.9 Å². The van der Waals surface area contributed by atoms with Gasteiger partial charge in [0.25, 0.3) is 0 Å². The van der Waals surface area contributed by atoms with Crippen molar-refractivity contribution in [3.8, 4) is 0 Å². The van der Waals surface area contributed by atoms with E-state index in [-0.39, 0.29) is 0 Å². The summed E-state index contributed by atoms with van der Waals surface area (Å²) >= 11 is 0. The second-order valence-electron chi connectivity index (χ2n) is 5.76. The smallest absolute Gasteiger partial charge is 0.203 e. The number of nitrogens with one attached hydrogen (secondary N) is 1. The van der Waals surface area contributed by atoms with Gasteiger partial charge in [0, 0.05) is 18.8 Å². The standard InChI is InChI=1S/C19H23N3O/c1-15-7-3-5-9-17(15)20-19(22-11-13-23-14-12-22)21-18-10-6-4-8-16(18)2/h3-10H,11-14H2,1-2H3,(H,20,21). The van der Waals surface area contributed by atoms with Gasteiger partial charge in [-0.2, -0.15) is 0 Å². The number of ether oxygens (including phenoxy) is 1. The Morgan fingerprint density at radius 3 is 2.30 bits per heavy atom. The summed E-state index contributed by atoms with van der Waals surface area (Å²) in [6.07, 6.45) is 0. The Kier molecular flexibility index (Phi) is 4.93. The minimum absolute atomic E-state index is 0.738. The van der Waals surface area contributed by atoms with Crippen LogP contribution in [0.1, 0.15) is 11.1 Å². The lowest BCUT2D eigenvalue weighted by atomic mass is 10.2. The maximum absolute atomic E-state index is 5.47. The first kappa shape index (κ1) is 15.6. The number of para-hydroxylation sites is 2. The van der Waals surface area contributed by atoms with Crippen molar-refractivity contribution in [3.63, 3.8) is 0 Å². The van der Waals surface area contributed by atoms with Gasteiger partial charge in [0.1, 0.15) is 0 Å². The van der Waals surface area contributed by atoms with Gasteiger partial charge in [-0.15, -0.1) is 0 Å². The van der Waals surface area contributed by atoms with Crippen molar-refractivity contribution in [2.45, 2.75) is 13.8 Å². The van der Waals surface area contributed by atoms with Crippen LogP contribution < -0.4 is 5.32 Å². The van der Waals surface area contributed by atoms with E-state index in [0.717, 1.165) is 43.6 Å². The molecule has 0 aromatic heterocycles. The minimum Gasteiger partial charge on any atom is -0.378 e. The van der Waals surface area contributed by atoms with Crippen molar-refractivity contribution >= 4 is 17.3 Å². The summed E-state index contributed by atoms with van der Waals surface area (Å²) in [7, 11) is 0. The van der Waals surface area contributed by atoms with Crippen LogP contribution in [-0.2, 0) is 4.74 Å². The molecule has 1 aliphatic heterocycles. The molecule has 1 heterocycles. The largest absolute Gasteiger partial charge is 0.378 e. The van der Waals surface area contributed by atoms with Crippen LogP contribution in [0.4, 0.5) is 11.4 Å². The van der Waals surface area contributed by atoms with Gasteiger partial charge in [0.05, 0.1) is 18.9 Å². The summed E-state index contributed by atoms with van der Waals surface area (Å²) < 4.78 is 5.47. The van der Waals surface area contributed by atoms with Gasteiger partial charge in [-0.1, -0.05) is 36.4 Å². The van der Waals surface area contributed by atoms with Crippen LogP contribution >= 0.6 is 0 Å². The third kappa shape index (κ3) is 3.90. The quantitative estimate of drug-likeness (QED) is 0.678. The van der Waals surface area contributed by atoms with Gasteiger partial charge < -0.3 is 15.0 Å². The fourth-order valence-electron chi connectivity index (χ4n) is 2.59. The van der Waals surface area contributed by atoms with Crippen LogP contribution in [0.3, 0.4) is 0 Å². The Balaban J connectivity index is 1.93. The zero-order valence-corrected chi connectivity index (χ0v) is 13.7. The molecular formula is C19H23N3O. The monoisotopic (exact) mass is 309 g/mol. The molecule has 0 spiro atoms. The number of morpholine rings is 1. The first-order valence-corrected chi connectivity index (χ1v) is 8.04. The number of benzene rings is 2. The van der Waals surface area contributed by atoms with E-state index >= 15 is 0 Å². The Bertz CT molecular complexity index is 691. The average molecular weight is 309 g/mol. The van der Waals surface area contributed by atoms with Crippen molar-refractivity contribution in [2.24, 2.45) is 4.99 Å². The molecule has 0 amide bonds. The Morgan fingerprint density at radius 1 is 0.957 bits per heavy atom. The molecule has 4 nitrogen and oxygen atoms in total. The molecule has 2 aromatic carbocycles. The number of aryl methyl sites for hydroxylation is 2. The lowest BCUT2D eigenvalue weighted by Gasteiger charge is -2.30. The molecule has 2 aromatic rings. The summed E-state index contributed by atoms with van der Waals surface area (Å²) in [4.78, 5) is 7.15. The van der Waals surface area contributed by atoms with E-state index in [1.807, 2.05) is 24.3 Å². The number of hydrogen-bond acceptors (Lipinski definition) is 2. The predicted octanol–water partition coefficient (Wildman–Crippen LogP) is 3.74. The van der Waals surface area contributed by atoms with Crippen molar-refractivity contribution in [2.75, 3.05) is 31.6 Å².